The highest BCUT2D eigenvalue weighted by Gasteiger charge is 2.16. The number of nitrogens with two attached hydrogens (primary N) is 1. The van der Waals surface area contributed by atoms with Crippen molar-refractivity contribution >= 4 is 23.5 Å². The second-order valence-electron chi connectivity index (χ2n) is 6.88. The molecule has 1 aromatic carbocycles. The number of halogens is 1. The van der Waals surface area contributed by atoms with E-state index in [0.29, 0.717) is 35.9 Å². The van der Waals surface area contributed by atoms with Gasteiger partial charge < -0.3 is 11.1 Å². The van der Waals surface area contributed by atoms with E-state index in [1.807, 2.05) is 19.9 Å². The number of nitrogens with zero attached hydrogens (tertiary/aromatic N) is 5. The molecule has 2 heterocycles. The van der Waals surface area contributed by atoms with Crippen molar-refractivity contribution in [2.24, 2.45) is 0 Å². The Morgan fingerprint density at radius 3 is 2.58 bits per heavy atom. The standard InChI is InChI=1S/C21H22FN7OS/c1-13-10-14(2)27-21(26-13)31-12-19(30)25-9-3-4-18-17(11-23)20(24)29(28-18)16-7-5-15(22)6-8-16/h5-8,10H,3-4,9,12,24H2,1-2H3,(H,25,30). The third-order valence-corrected chi connectivity index (χ3v) is 5.23. The lowest BCUT2D eigenvalue weighted by atomic mass is 10.1. The predicted molar refractivity (Wildman–Crippen MR) is 116 cm³/mol. The van der Waals surface area contributed by atoms with Crippen LogP contribution in [-0.4, -0.2) is 38.0 Å². The Kier molecular flexibility index (Phi) is 7.20. The first-order valence-corrected chi connectivity index (χ1v) is 10.6. The molecule has 8 nitrogen and oxygen atoms in total. The highest BCUT2D eigenvalue weighted by atomic mass is 32.2. The van der Waals surface area contributed by atoms with Gasteiger partial charge in [0.15, 0.2) is 5.16 Å². The average molecular weight is 440 g/mol. The number of benzene rings is 1. The van der Waals surface area contributed by atoms with Gasteiger partial charge in [0.25, 0.3) is 0 Å². The van der Waals surface area contributed by atoms with Crippen molar-refractivity contribution in [2.75, 3.05) is 18.0 Å². The van der Waals surface area contributed by atoms with Crippen molar-refractivity contribution in [3.05, 3.63) is 58.8 Å². The Balaban J connectivity index is 1.52. The normalized spacial score (nSPS) is 10.6. The molecule has 0 aliphatic heterocycles. The first-order valence-electron chi connectivity index (χ1n) is 9.62. The number of hydrogen-bond donors (Lipinski definition) is 2. The van der Waals surface area contributed by atoms with Gasteiger partial charge in [0, 0.05) is 17.9 Å². The van der Waals surface area contributed by atoms with Gasteiger partial charge in [0.2, 0.25) is 5.91 Å². The van der Waals surface area contributed by atoms with Crippen LogP contribution >= 0.6 is 11.8 Å². The van der Waals surface area contributed by atoms with Crippen LogP contribution in [-0.2, 0) is 11.2 Å². The number of aromatic nitrogens is 4. The van der Waals surface area contributed by atoms with Crippen LogP contribution in [0.2, 0.25) is 0 Å². The van der Waals surface area contributed by atoms with Crippen LogP contribution in [0.5, 0.6) is 0 Å². The highest BCUT2D eigenvalue weighted by Crippen LogP contribution is 2.21. The van der Waals surface area contributed by atoms with Gasteiger partial charge >= 0.3 is 0 Å². The van der Waals surface area contributed by atoms with Crippen LogP contribution in [0.25, 0.3) is 5.69 Å². The van der Waals surface area contributed by atoms with Crippen LogP contribution in [0, 0.1) is 31.0 Å². The van der Waals surface area contributed by atoms with Crippen LogP contribution in [0.15, 0.2) is 35.5 Å². The number of nitrogens with one attached hydrogen (secondary N) is 1. The van der Waals surface area contributed by atoms with Gasteiger partial charge in [-0.05, 0) is 57.0 Å². The smallest absolute Gasteiger partial charge is 0.230 e. The third-order valence-electron chi connectivity index (χ3n) is 4.38. The quantitative estimate of drug-likeness (QED) is 0.314. The van der Waals surface area contributed by atoms with E-state index >= 15 is 0 Å². The van der Waals surface area contributed by atoms with E-state index in [2.05, 4.69) is 26.5 Å². The number of rotatable bonds is 8. The molecule has 0 aliphatic carbocycles. The molecular formula is C21H22FN7OS. The minimum atomic E-state index is -0.367. The second-order valence-corrected chi connectivity index (χ2v) is 7.82. The van der Waals surface area contributed by atoms with Crippen molar-refractivity contribution in [3.8, 4) is 11.8 Å². The molecule has 31 heavy (non-hydrogen) atoms. The maximum absolute atomic E-state index is 13.2. The molecule has 160 valence electrons. The number of hydrogen-bond acceptors (Lipinski definition) is 7. The summed E-state index contributed by atoms with van der Waals surface area (Å²) in [5.41, 5.74) is 9.18. The van der Waals surface area contributed by atoms with E-state index in [9.17, 15) is 14.4 Å². The number of carbonyl (C=O) groups excluding carboxylic acids is 1. The summed E-state index contributed by atoms with van der Waals surface area (Å²) in [6.07, 6.45) is 1.06. The number of nitriles is 1. The van der Waals surface area contributed by atoms with E-state index in [1.54, 1.807) is 12.1 Å². The van der Waals surface area contributed by atoms with Gasteiger partial charge in [-0.3, -0.25) is 4.79 Å². The maximum Gasteiger partial charge on any atom is 0.230 e. The minimum absolute atomic E-state index is 0.121. The van der Waals surface area contributed by atoms with Gasteiger partial charge in [-0.15, -0.1) is 0 Å². The molecule has 3 N–H and O–H groups in total. The van der Waals surface area contributed by atoms with E-state index in [4.69, 9.17) is 5.73 Å². The monoisotopic (exact) mass is 439 g/mol. The van der Waals surface area contributed by atoms with E-state index < -0.39 is 0 Å². The number of nitrogen functional groups attached to an aromatic ring is 1. The lowest BCUT2D eigenvalue weighted by Crippen LogP contribution is -2.26. The molecule has 0 unspecified atom stereocenters. The number of amides is 1. The third kappa shape index (κ3) is 5.79. The summed E-state index contributed by atoms with van der Waals surface area (Å²) in [6, 6.07) is 9.65. The summed E-state index contributed by atoms with van der Waals surface area (Å²) in [7, 11) is 0. The molecule has 0 spiro atoms. The molecule has 0 saturated carbocycles. The Morgan fingerprint density at radius 2 is 1.94 bits per heavy atom. The van der Waals surface area contributed by atoms with Gasteiger partial charge in [-0.2, -0.15) is 10.4 Å². The van der Waals surface area contributed by atoms with E-state index in [1.165, 1.54) is 28.6 Å². The molecule has 3 rings (SSSR count). The molecule has 10 heteroatoms. The Bertz CT molecular complexity index is 1100. The summed E-state index contributed by atoms with van der Waals surface area (Å²) in [5.74, 6) is -0.0609. The lowest BCUT2D eigenvalue weighted by molar-refractivity contribution is -0.118. The summed E-state index contributed by atoms with van der Waals surface area (Å²) in [4.78, 5) is 20.7. The second kappa shape index (κ2) is 10.0. The molecular weight excluding hydrogens is 417 g/mol. The molecule has 0 atom stereocenters. The fourth-order valence-electron chi connectivity index (χ4n) is 2.98. The topological polar surface area (TPSA) is 123 Å². The van der Waals surface area contributed by atoms with Gasteiger partial charge in [-0.1, -0.05) is 11.8 Å². The Labute approximate surface area is 183 Å². The zero-order valence-corrected chi connectivity index (χ0v) is 18.0. The Morgan fingerprint density at radius 1 is 1.26 bits per heavy atom. The van der Waals surface area contributed by atoms with Crippen LogP contribution in [0.4, 0.5) is 10.2 Å². The largest absolute Gasteiger partial charge is 0.382 e. The van der Waals surface area contributed by atoms with Gasteiger partial charge in [-0.25, -0.2) is 19.0 Å². The fraction of sp³-hybridized carbons (Fsp3) is 0.286. The van der Waals surface area contributed by atoms with Crippen molar-refractivity contribution < 1.29 is 9.18 Å². The van der Waals surface area contributed by atoms with Crippen LogP contribution in [0.1, 0.15) is 29.1 Å². The summed E-state index contributed by atoms with van der Waals surface area (Å²) < 4.78 is 14.6. The van der Waals surface area contributed by atoms with Crippen molar-refractivity contribution in [2.45, 2.75) is 31.8 Å². The highest BCUT2D eigenvalue weighted by molar-refractivity contribution is 7.99. The lowest BCUT2D eigenvalue weighted by Gasteiger charge is -2.05. The molecule has 0 fully saturated rings. The number of aryl methyl sites for hydroxylation is 3. The molecule has 2 aromatic heterocycles. The maximum atomic E-state index is 13.2. The first-order chi connectivity index (χ1) is 14.9. The van der Waals surface area contributed by atoms with Crippen LogP contribution in [0.3, 0.4) is 0 Å². The first kappa shape index (κ1) is 22.2. The number of thioether (sulfide) groups is 1. The van der Waals surface area contributed by atoms with Crippen molar-refractivity contribution in [1.29, 1.82) is 5.26 Å². The summed E-state index contributed by atoms with van der Waals surface area (Å²) >= 11 is 1.29. The van der Waals surface area contributed by atoms with Gasteiger partial charge in [0.1, 0.15) is 23.3 Å². The minimum Gasteiger partial charge on any atom is -0.382 e. The molecule has 0 saturated heterocycles. The molecule has 3 aromatic rings. The van der Waals surface area contributed by atoms with Crippen molar-refractivity contribution in [3.63, 3.8) is 0 Å². The number of carbonyl (C=O) groups is 1. The van der Waals surface area contributed by atoms with E-state index in [0.717, 1.165) is 11.4 Å². The summed E-state index contributed by atoms with van der Waals surface area (Å²) in [5, 5.41) is 17.3. The predicted octanol–water partition coefficient (Wildman–Crippen LogP) is 2.71. The van der Waals surface area contributed by atoms with Gasteiger partial charge in [0.05, 0.1) is 17.1 Å². The van der Waals surface area contributed by atoms with E-state index in [-0.39, 0.29) is 28.9 Å². The van der Waals surface area contributed by atoms with Crippen LogP contribution < -0.4 is 11.1 Å². The number of anilines is 1. The zero-order valence-electron chi connectivity index (χ0n) is 17.2. The molecule has 1 amide bonds. The SMILES string of the molecule is Cc1cc(C)nc(SCC(=O)NCCCc2nn(-c3ccc(F)cc3)c(N)c2C#N)n1. The van der Waals surface area contributed by atoms with Crippen molar-refractivity contribution in [1.82, 2.24) is 25.1 Å². The molecule has 0 aliphatic rings. The summed E-state index contributed by atoms with van der Waals surface area (Å²) in [6.45, 7) is 4.21. The fourth-order valence-corrected chi connectivity index (χ4v) is 3.76. The Hall–Kier alpha value is -3.45. The molecule has 0 bridgehead atoms. The zero-order chi connectivity index (χ0) is 22.4. The average Bonchev–Trinajstić information content (AvgIpc) is 3.05. The molecule has 0 radical (unpaired) electrons.